The highest BCUT2D eigenvalue weighted by Crippen LogP contribution is 2.20. The number of pyridine rings is 1. The normalized spacial score (nSPS) is 16.8. The van der Waals surface area contributed by atoms with Gasteiger partial charge in [0.15, 0.2) is 0 Å². The third kappa shape index (κ3) is 6.60. The summed E-state index contributed by atoms with van der Waals surface area (Å²) in [5.41, 5.74) is 0. The standard InChI is InChI=1S/C17H22BrN3O4S/c1-25-16(23)11-26-8-6-15(22)21-7-2-3-12(10-21)17(24)20-14-5-4-13(18)9-19-14/h4-5,9,12H,2-3,6-8,10-11H2,1H3,(H,19,20,24). The van der Waals surface area contributed by atoms with Crippen molar-refractivity contribution in [1.82, 2.24) is 9.88 Å². The first-order valence-corrected chi connectivity index (χ1v) is 10.3. The smallest absolute Gasteiger partial charge is 0.315 e. The van der Waals surface area contributed by atoms with E-state index < -0.39 is 0 Å². The van der Waals surface area contributed by atoms with Gasteiger partial charge in [0, 0.05) is 35.9 Å². The summed E-state index contributed by atoms with van der Waals surface area (Å²) in [6.45, 7) is 1.09. The molecule has 2 rings (SSSR count). The Morgan fingerprint density at radius 1 is 1.42 bits per heavy atom. The molecule has 1 fully saturated rings. The topological polar surface area (TPSA) is 88.6 Å². The van der Waals surface area contributed by atoms with E-state index in [-0.39, 0.29) is 29.5 Å². The van der Waals surface area contributed by atoms with Crippen LogP contribution in [0.25, 0.3) is 0 Å². The minimum absolute atomic E-state index is 0.0154. The highest BCUT2D eigenvalue weighted by Gasteiger charge is 2.28. The lowest BCUT2D eigenvalue weighted by atomic mass is 9.97. The van der Waals surface area contributed by atoms with E-state index in [1.165, 1.54) is 18.9 Å². The lowest BCUT2D eigenvalue weighted by Crippen LogP contribution is -2.44. The number of anilines is 1. The summed E-state index contributed by atoms with van der Waals surface area (Å²) in [5.74, 6) is 0.679. The van der Waals surface area contributed by atoms with Gasteiger partial charge in [0.25, 0.3) is 0 Å². The van der Waals surface area contributed by atoms with E-state index in [1.54, 1.807) is 17.2 Å². The van der Waals surface area contributed by atoms with E-state index in [2.05, 4.69) is 31.0 Å². The highest BCUT2D eigenvalue weighted by atomic mass is 79.9. The molecular weight excluding hydrogens is 422 g/mol. The number of ether oxygens (including phenoxy) is 1. The Morgan fingerprint density at radius 2 is 2.23 bits per heavy atom. The molecular formula is C17H22BrN3O4S. The van der Waals surface area contributed by atoms with Gasteiger partial charge in [0.1, 0.15) is 5.82 Å². The molecule has 1 atom stereocenters. The number of carbonyl (C=O) groups is 3. The van der Waals surface area contributed by atoms with Crippen LogP contribution >= 0.6 is 27.7 Å². The van der Waals surface area contributed by atoms with E-state index in [0.717, 1.165) is 17.3 Å². The Labute approximate surface area is 165 Å². The minimum Gasteiger partial charge on any atom is -0.468 e. The largest absolute Gasteiger partial charge is 0.468 e. The molecule has 2 heterocycles. The van der Waals surface area contributed by atoms with Gasteiger partial charge in [-0.3, -0.25) is 14.4 Å². The zero-order valence-electron chi connectivity index (χ0n) is 14.6. The van der Waals surface area contributed by atoms with Crippen LogP contribution in [0.5, 0.6) is 0 Å². The number of methoxy groups -OCH3 is 1. The van der Waals surface area contributed by atoms with Gasteiger partial charge in [-0.1, -0.05) is 0 Å². The number of piperidine rings is 1. The number of rotatable bonds is 7. The average Bonchev–Trinajstić information content (AvgIpc) is 2.66. The van der Waals surface area contributed by atoms with Crippen LogP contribution < -0.4 is 5.32 Å². The Bertz CT molecular complexity index is 641. The van der Waals surface area contributed by atoms with Gasteiger partial charge < -0.3 is 15.0 Å². The van der Waals surface area contributed by atoms with Crippen LogP contribution in [-0.2, 0) is 19.1 Å². The van der Waals surface area contributed by atoms with Crippen molar-refractivity contribution in [3.05, 3.63) is 22.8 Å². The fourth-order valence-electron chi connectivity index (χ4n) is 2.63. The number of halogens is 1. The quantitative estimate of drug-likeness (QED) is 0.513. The van der Waals surface area contributed by atoms with Gasteiger partial charge in [-0.15, -0.1) is 11.8 Å². The lowest BCUT2D eigenvalue weighted by Gasteiger charge is -2.32. The molecule has 0 aromatic carbocycles. The first-order valence-electron chi connectivity index (χ1n) is 8.34. The molecule has 0 saturated carbocycles. The van der Waals surface area contributed by atoms with Crippen LogP contribution in [0.1, 0.15) is 19.3 Å². The van der Waals surface area contributed by atoms with Crippen molar-refractivity contribution in [2.24, 2.45) is 5.92 Å². The summed E-state index contributed by atoms with van der Waals surface area (Å²) in [6.07, 6.45) is 3.53. The van der Waals surface area contributed by atoms with Crippen molar-refractivity contribution in [2.45, 2.75) is 19.3 Å². The van der Waals surface area contributed by atoms with Gasteiger partial charge in [-0.25, -0.2) is 4.98 Å². The maximum Gasteiger partial charge on any atom is 0.315 e. The fraction of sp³-hybridized carbons (Fsp3) is 0.529. The molecule has 0 spiro atoms. The molecule has 0 bridgehead atoms. The van der Waals surface area contributed by atoms with E-state index in [9.17, 15) is 14.4 Å². The van der Waals surface area contributed by atoms with E-state index in [4.69, 9.17) is 0 Å². The number of nitrogens with one attached hydrogen (secondary N) is 1. The number of carbonyl (C=O) groups excluding carboxylic acids is 3. The predicted octanol–water partition coefficient (Wildman–Crippen LogP) is 2.32. The van der Waals surface area contributed by atoms with Crippen LogP contribution in [0.2, 0.25) is 0 Å². The summed E-state index contributed by atoms with van der Waals surface area (Å²) in [5, 5.41) is 2.81. The third-order valence-electron chi connectivity index (χ3n) is 4.03. The third-order valence-corrected chi connectivity index (χ3v) is 5.43. The van der Waals surface area contributed by atoms with Crippen molar-refractivity contribution < 1.29 is 19.1 Å². The fourth-order valence-corrected chi connectivity index (χ4v) is 3.61. The number of nitrogens with zero attached hydrogens (tertiary/aromatic N) is 2. The van der Waals surface area contributed by atoms with Crippen LogP contribution in [0.3, 0.4) is 0 Å². The molecule has 142 valence electrons. The van der Waals surface area contributed by atoms with E-state index in [1.807, 2.05) is 6.07 Å². The monoisotopic (exact) mass is 443 g/mol. The molecule has 1 aliphatic rings. The molecule has 1 N–H and O–H groups in total. The zero-order valence-corrected chi connectivity index (χ0v) is 17.0. The van der Waals surface area contributed by atoms with Gasteiger partial charge >= 0.3 is 5.97 Å². The number of aromatic nitrogens is 1. The van der Waals surface area contributed by atoms with Crippen LogP contribution in [0.15, 0.2) is 22.8 Å². The van der Waals surface area contributed by atoms with Gasteiger partial charge in [-0.2, -0.15) is 0 Å². The van der Waals surface area contributed by atoms with Crippen LogP contribution in [0.4, 0.5) is 5.82 Å². The molecule has 0 aliphatic carbocycles. The highest BCUT2D eigenvalue weighted by molar-refractivity contribution is 9.10. The molecule has 26 heavy (non-hydrogen) atoms. The number of likely N-dealkylation sites (tertiary alicyclic amines) is 1. The van der Waals surface area contributed by atoms with Gasteiger partial charge in [0.2, 0.25) is 11.8 Å². The summed E-state index contributed by atoms with van der Waals surface area (Å²) in [7, 11) is 1.34. The van der Waals surface area contributed by atoms with Crippen molar-refractivity contribution >= 4 is 51.3 Å². The van der Waals surface area contributed by atoms with Crippen molar-refractivity contribution in [3.8, 4) is 0 Å². The second kappa shape index (κ2) is 10.5. The summed E-state index contributed by atoms with van der Waals surface area (Å²) < 4.78 is 5.40. The van der Waals surface area contributed by atoms with Crippen molar-refractivity contribution in [3.63, 3.8) is 0 Å². The van der Waals surface area contributed by atoms with Gasteiger partial charge in [-0.05, 0) is 40.9 Å². The Kier molecular flexibility index (Phi) is 8.37. The summed E-state index contributed by atoms with van der Waals surface area (Å²) in [6, 6.07) is 3.54. The molecule has 9 heteroatoms. The van der Waals surface area contributed by atoms with E-state index in [0.29, 0.717) is 31.1 Å². The number of thioether (sulfide) groups is 1. The Hall–Kier alpha value is -1.61. The second-order valence-electron chi connectivity index (χ2n) is 5.91. The first kappa shape index (κ1) is 20.7. The zero-order chi connectivity index (χ0) is 18.9. The molecule has 1 aliphatic heterocycles. The van der Waals surface area contributed by atoms with Crippen molar-refractivity contribution in [1.29, 1.82) is 0 Å². The molecule has 1 unspecified atom stereocenters. The number of hydrogen-bond donors (Lipinski definition) is 1. The van der Waals surface area contributed by atoms with Crippen molar-refractivity contribution in [2.75, 3.05) is 37.0 Å². The maximum absolute atomic E-state index is 12.4. The number of hydrogen-bond acceptors (Lipinski definition) is 6. The first-order chi connectivity index (χ1) is 12.5. The van der Waals surface area contributed by atoms with Gasteiger partial charge in [0.05, 0.1) is 18.8 Å². The molecule has 1 aromatic heterocycles. The number of esters is 1. The minimum atomic E-state index is -0.293. The Morgan fingerprint density at radius 3 is 2.92 bits per heavy atom. The molecule has 0 radical (unpaired) electrons. The molecule has 2 amide bonds. The summed E-state index contributed by atoms with van der Waals surface area (Å²) >= 11 is 4.68. The number of amides is 2. The van der Waals surface area contributed by atoms with Crippen LogP contribution in [-0.4, -0.2) is 59.4 Å². The Balaban J connectivity index is 1.78. The molecule has 1 saturated heterocycles. The average molecular weight is 444 g/mol. The SMILES string of the molecule is COC(=O)CSCCC(=O)N1CCCC(C(=O)Nc2ccc(Br)cn2)C1. The maximum atomic E-state index is 12.4. The lowest BCUT2D eigenvalue weighted by molar-refractivity contribution is -0.137. The molecule has 1 aromatic rings. The predicted molar refractivity (Wildman–Crippen MR) is 104 cm³/mol. The van der Waals surface area contributed by atoms with E-state index >= 15 is 0 Å². The second-order valence-corrected chi connectivity index (χ2v) is 7.93. The summed E-state index contributed by atoms with van der Waals surface area (Å²) in [4.78, 5) is 41.7. The van der Waals surface area contributed by atoms with Crippen LogP contribution in [0, 0.1) is 5.92 Å². The molecule has 7 nitrogen and oxygen atoms in total.